The molecule has 0 aliphatic rings. The lowest BCUT2D eigenvalue weighted by Crippen LogP contribution is -2.18. The summed E-state index contributed by atoms with van der Waals surface area (Å²) in [4.78, 5) is 1.95. The first-order chi connectivity index (χ1) is 9.06. The maximum atomic E-state index is 13.5. The van der Waals surface area contributed by atoms with E-state index in [0.29, 0.717) is 18.7 Å². The second kappa shape index (κ2) is 6.26. The van der Waals surface area contributed by atoms with Crippen molar-refractivity contribution in [1.82, 2.24) is 4.90 Å². The van der Waals surface area contributed by atoms with Crippen LogP contribution >= 0.6 is 15.9 Å². The fourth-order valence-corrected chi connectivity index (χ4v) is 2.18. The fraction of sp³-hybridized carbons (Fsp3) is 0.200. The highest BCUT2D eigenvalue weighted by molar-refractivity contribution is 9.10. The van der Waals surface area contributed by atoms with E-state index in [1.807, 2.05) is 36.2 Å². The average Bonchev–Trinajstić information content (AvgIpc) is 2.38. The third-order valence-corrected chi connectivity index (χ3v) is 3.37. The van der Waals surface area contributed by atoms with Crippen molar-refractivity contribution >= 4 is 15.9 Å². The molecule has 1 nitrogen and oxygen atoms in total. The Hall–Kier alpha value is -1.26. The zero-order chi connectivity index (χ0) is 13.8. The van der Waals surface area contributed by atoms with E-state index >= 15 is 0 Å². The van der Waals surface area contributed by atoms with E-state index in [1.54, 1.807) is 6.07 Å². The van der Waals surface area contributed by atoms with Crippen LogP contribution in [0.2, 0.25) is 0 Å². The van der Waals surface area contributed by atoms with Gasteiger partial charge in [-0.25, -0.2) is 8.78 Å². The van der Waals surface area contributed by atoms with Crippen LogP contribution in [0.15, 0.2) is 46.9 Å². The zero-order valence-electron chi connectivity index (χ0n) is 10.5. The molecule has 2 aromatic rings. The first-order valence-corrected chi connectivity index (χ1v) is 6.71. The Bertz CT molecular complexity index is 555. The second-order valence-corrected chi connectivity index (χ2v) is 5.43. The van der Waals surface area contributed by atoms with Crippen molar-refractivity contribution in [3.63, 3.8) is 0 Å². The molecule has 0 saturated carbocycles. The minimum Gasteiger partial charge on any atom is -0.298 e. The smallest absolute Gasteiger partial charge is 0.163 e. The van der Waals surface area contributed by atoms with Crippen LogP contribution in [0.1, 0.15) is 11.1 Å². The molecule has 0 radical (unpaired) electrons. The van der Waals surface area contributed by atoms with Gasteiger partial charge in [-0.15, -0.1) is 0 Å². The van der Waals surface area contributed by atoms with Gasteiger partial charge in [0.05, 0.1) is 0 Å². The lowest BCUT2D eigenvalue weighted by molar-refractivity contribution is 0.311. The molecule has 0 spiro atoms. The molecule has 0 unspecified atom stereocenters. The molecule has 0 saturated heterocycles. The van der Waals surface area contributed by atoms with Crippen LogP contribution in [0.5, 0.6) is 0 Å². The van der Waals surface area contributed by atoms with Crippen LogP contribution < -0.4 is 0 Å². The maximum Gasteiger partial charge on any atom is 0.163 e. The highest BCUT2D eigenvalue weighted by atomic mass is 79.9. The summed E-state index contributed by atoms with van der Waals surface area (Å²) >= 11 is 3.38. The summed E-state index contributed by atoms with van der Waals surface area (Å²) < 4.78 is 27.7. The summed E-state index contributed by atoms with van der Waals surface area (Å²) in [7, 11) is 1.88. The molecule has 0 bridgehead atoms. The van der Waals surface area contributed by atoms with Gasteiger partial charge in [-0.3, -0.25) is 4.90 Å². The van der Waals surface area contributed by atoms with Gasteiger partial charge in [0.1, 0.15) is 0 Å². The first-order valence-electron chi connectivity index (χ1n) is 5.92. The van der Waals surface area contributed by atoms with Gasteiger partial charge in [0.25, 0.3) is 0 Å². The molecule has 0 N–H and O–H groups in total. The third kappa shape index (κ3) is 3.85. The maximum absolute atomic E-state index is 13.5. The lowest BCUT2D eigenvalue weighted by Gasteiger charge is -2.17. The molecule has 100 valence electrons. The van der Waals surface area contributed by atoms with E-state index in [9.17, 15) is 8.78 Å². The minimum atomic E-state index is -0.797. The zero-order valence-corrected chi connectivity index (χ0v) is 12.1. The van der Waals surface area contributed by atoms with Crippen LogP contribution in [0.4, 0.5) is 8.78 Å². The van der Waals surface area contributed by atoms with Gasteiger partial charge < -0.3 is 0 Å². The summed E-state index contributed by atoms with van der Waals surface area (Å²) in [6, 6.07) is 12.2. The highest BCUT2D eigenvalue weighted by Gasteiger charge is 2.10. The van der Waals surface area contributed by atoms with Crippen LogP contribution in [0, 0.1) is 11.6 Å². The fourth-order valence-electron chi connectivity index (χ4n) is 1.92. The molecule has 0 aliphatic heterocycles. The van der Waals surface area contributed by atoms with Gasteiger partial charge >= 0.3 is 0 Å². The largest absolute Gasteiger partial charge is 0.298 e. The topological polar surface area (TPSA) is 3.24 Å². The molecule has 0 heterocycles. The van der Waals surface area contributed by atoms with E-state index in [-0.39, 0.29) is 0 Å². The Labute approximate surface area is 120 Å². The highest BCUT2D eigenvalue weighted by Crippen LogP contribution is 2.16. The van der Waals surface area contributed by atoms with Crippen molar-refractivity contribution in [2.24, 2.45) is 0 Å². The monoisotopic (exact) mass is 325 g/mol. The van der Waals surface area contributed by atoms with E-state index in [2.05, 4.69) is 15.9 Å². The standard InChI is InChI=1S/C15H14BrF2N/c1-19(9-11-5-7-13(16)8-6-11)10-12-3-2-4-14(17)15(12)18/h2-8H,9-10H2,1H3. The number of benzene rings is 2. The molecule has 2 rings (SSSR count). The molecule has 0 fully saturated rings. The number of nitrogens with zero attached hydrogens (tertiary/aromatic N) is 1. The molecule has 0 amide bonds. The SMILES string of the molecule is CN(Cc1ccc(Br)cc1)Cc1cccc(F)c1F. The van der Waals surface area contributed by atoms with Crippen molar-refractivity contribution in [3.8, 4) is 0 Å². The summed E-state index contributed by atoms with van der Waals surface area (Å²) in [6.07, 6.45) is 0. The van der Waals surface area contributed by atoms with E-state index in [4.69, 9.17) is 0 Å². The van der Waals surface area contributed by atoms with Crippen LogP contribution in [-0.4, -0.2) is 11.9 Å². The summed E-state index contributed by atoms with van der Waals surface area (Å²) in [5, 5.41) is 0. The van der Waals surface area contributed by atoms with Crippen LogP contribution in [-0.2, 0) is 13.1 Å². The van der Waals surface area contributed by atoms with E-state index in [1.165, 1.54) is 6.07 Å². The number of halogens is 3. The summed E-state index contributed by atoms with van der Waals surface area (Å²) in [5.74, 6) is -1.56. The molecule has 0 aliphatic carbocycles. The molecule has 0 atom stereocenters. The first kappa shape index (κ1) is 14.2. The minimum absolute atomic E-state index is 0.375. The van der Waals surface area contributed by atoms with Crippen LogP contribution in [0.3, 0.4) is 0 Å². The predicted molar refractivity (Wildman–Crippen MR) is 75.7 cm³/mol. The Morgan fingerprint density at radius 1 is 1.00 bits per heavy atom. The number of hydrogen-bond acceptors (Lipinski definition) is 1. The quantitative estimate of drug-likeness (QED) is 0.807. The van der Waals surface area contributed by atoms with Gasteiger partial charge in [-0.1, -0.05) is 40.2 Å². The lowest BCUT2D eigenvalue weighted by atomic mass is 10.1. The normalized spacial score (nSPS) is 11.0. The van der Waals surface area contributed by atoms with Crippen LogP contribution in [0.25, 0.3) is 0 Å². The molecule has 0 aromatic heterocycles. The van der Waals surface area contributed by atoms with Crippen molar-refractivity contribution < 1.29 is 8.78 Å². The van der Waals surface area contributed by atoms with Gasteiger partial charge in [0.15, 0.2) is 11.6 Å². The second-order valence-electron chi connectivity index (χ2n) is 4.51. The van der Waals surface area contributed by atoms with Crippen molar-refractivity contribution in [2.45, 2.75) is 13.1 Å². The van der Waals surface area contributed by atoms with Crippen molar-refractivity contribution in [2.75, 3.05) is 7.05 Å². The Kier molecular flexibility index (Phi) is 4.66. The Balaban J connectivity index is 2.03. The third-order valence-electron chi connectivity index (χ3n) is 2.84. The van der Waals surface area contributed by atoms with Gasteiger partial charge in [-0.2, -0.15) is 0 Å². The Morgan fingerprint density at radius 3 is 2.37 bits per heavy atom. The molecular weight excluding hydrogens is 312 g/mol. The molecule has 2 aromatic carbocycles. The van der Waals surface area contributed by atoms with E-state index < -0.39 is 11.6 Å². The molecule has 19 heavy (non-hydrogen) atoms. The van der Waals surface area contributed by atoms with E-state index in [0.717, 1.165) is 16.1 Å². The van der Waals surface area contributed by atoms with Crippen molar-refractivity contribution in [3.05, 3.63) is 69.7 Å². The average molecular weight is 326 g/mol. The number of rotatable bonds is 4. The summed E-state index contributed by atoms with van der Waals surface area (Å²) in [6.45, 7) is 1.06. The van der Waals surface area contributed by atoms with Gasteiger partial charge in [-0.05, 0) is 30.8 Å². The summed E-state index contributed by atoms with van der Waals surface area (Å²) in [5.41, 5.74) is 1.50. The number of hydrogen-bond donors (Lipinski definition) is 0. The van der Waals surface area contributed by atoms with Gasteiger partial charge in [0.2, 0.25) is 0 Å². The predicted octanol–water partition coefficient (Wildman–Crippen LogP) is 4.36. The van der Waals surface area contributed by atoms with Crippen molar-refractivity contribution in [1.29, 1.82) is 0 Å². The molecule has 4 heteroatoms. The van der Waals surface area contributed by atoms with Gasteiger partial charge in [0, 0.05) is 23.1 Å². The Morgan fingerprint density at radius 2 is 1.68 bits per heavy atom. The molecular formula is C15H14BrF2N.